The molecule has 0 unspecified atom stereocenters. The van der Waals surface area contributed by atoms with Crippen LogP contribution in [0.25, 0.3) is 11.0 Å². The van der Waals surface area contributed by atoms with E-state index < -0.39 is 0 Å². The number of rotatable bonds is 4. The molecule has 0 aliphatic carbocycles. The van der Waals surface area contributed by atoms with Crippen LogP contribution in [-0.4, -0.2) is 39.0 Å². The fraction of sp³-hybridized carbons (Fsp3) is 0.412. The van der Waals surface area contributed by atoms with Gasteiger partial charge in [0.05, 0.1) is 17.4 Å². The van der Waals surface area contributed by atoms with Gasteiger partial charge in [-0.1, -0.05) is 5.16 Å². The summed E-state index contributed by atoms with van der Waals surface area (Å²) in [5, 5.41) is 11.2. The second-order valence-electron chi connectivity index (χ2n) is 6.17. The lowest BCUT2D eigenvalue weighted by atomic mass is 9.94. The molecule has 0 bridgehead atoms. The van der Waals surface area contributed by atoms with Crippen molar-refractivity contribution in [2.24, 2.45) is 0 Å². The van der Waals surface area contributed by atoms with Crippen molar-refractivity contribution in [1.82, 2.24) is 19.9 Å². The molecule has 8 nitrogen and oxygen atoms in total. The molecule has 0 saturated carbocycles. The van der Waals surface area contributed by atoms with Gasteiger partial charge in [0, 0.05) is 30.9 Å². The van der Waals surface area contributed by atoms with Gasteiger partial charge >= 0.3 is 0 Å². The Morgan fingerprint density at radius 1 is 1.40 bits per heavy atom. The van der Waals surface area contributed by atoms with E-state index in [4.69, 9.17) is 9.26 Å². The van der Waals surface area contributed by atoms with Crippen LogP contribution in [0.5, 0.6) is 0 Å². The minimum absolute atomic E-state index is 0.0853. The van der Waals surface area contributed by atoms with Gasteiger partial charge in [-0.15, -0.1) is 0 Å². The van der Waals surface area contributed by atoms with Crippen molar-refractivity contribution < 1.29 is 14.1 Å². The van der Waals surface area contributed by atoms with Crippen LogP contribution >= 0.6 is 0 Å². The van der Waals surface area contributed by atoms with E-state index >= 15 is 0 Å². The smallest absolute Gasteiger partial charge is 0.248 e. The van der Waals surface area contributed by atoms with Gasteiger partial charge in [-0.2, -0.15) is 5.10 Å². The first-order valence-electron chi connectivity index (χ1n) is 8.32. The van der Waals surface area contributed by atoms with E-state index in [1.165, 1.54) is 0 Å². The standard InChI is InChI=1S/C17H19N5O3/c1-11-16(12-4-7-24-8-5-12)21-25-17(11)20-15(23)10-22-14-3-2-6-18-13(14)9-19-22/h2-3,6,9,12H,4-5,7-8,10H2,1H3,(H,20,23). The molecule has 1 aliphatic heterocycles. The summed E-state index contributed by atoms with van der Waals surface area (Å²) in [5.74, 6) is 0.511. The summed E-state index contributed by atoms with van der Waals surface area (Å²) in [4.78, 5) is 16.6. The summed E-state index contributed by atoms with van der Waals surface area (Å²) >= 11 is 0. The van der Waals surface area contributed by atoms with E-state index in [-0.39, 0.29) is 12.5 Å². The van der Waals surface area contributed by atoms with Crippen molar-refractivity contribution in [3.05, 3.63) is 35.8 Å². The molecule has 130 valence electrons. The second-order valence-corrected chi connectivity index (χ2v) is 6.17. The quantitative estimate of drug-likeness (QED) is 0.782. The molecule has 0 aromatic carbocycles. The molecule has 25 heavy (non-hydrogen) atoms. The Labute approximate surface area is 144 Å². The molecule has 4 rings (SSSR count). The van der Waals surface area contributed by atoms with Gasteiger partial charge in [-0.05, 0) is 31.9 Å². The molecular weight excluding hydrogens is 322 g/mol. The maximum atomic E-state index is 12.4. The third-order valence-electron chi connectivity index (χ3n) is 4.53. The molecule has 4 heterocycles. The van der Waals surface area contributed by atoms with E-state index in [2.05, 4.69) is 20.6 Å². The fourth-order valence-electron chi connectivity index (χ4n) is 3.16. The number of nitrogens with zero attached hydrogens (tertiary/aromatic N) is 4. The zero-order valence-electron chi connectivity index (χ0n) is 13.9. The predicted molar refractivity (Wildman–Crippen MR) is 90.2 cm³/mol. The summed E-state index contributed by atoms with van der Waals surface area (Å²) in [7, 11) is 0. The molecule has 1 aliphatic rings. The van der Waals surface area contributed by atoms with Crippen molar-refractivity contribution >= 4 is 22.8 Å². The zero-order chi connectivity index (χ0) is 17.2. The van der Waals surface area contributed by atoms with Crippen LogP contribution < -0.4 is 5.32 Å². The molecule has 3 aromatic rings. The highest BCUT2D eigenvalue weighted by Gasteiger charge is 2.24. The average molecular weight is 341 g/mol. The van der Waals surface area contributed by atoms with Crippen molar-refractivity contribution in [2.45, 2.75) is 32.2 Å². The number of hydrogen-bond donors (Lipinski definition) is 1. The highest BCUT2D eigenvalue weighted by molar-refractivity contribution is 5.90. The lowest BCUT2D eigenvalue weighted by Crippen LogP contribution is -2.19. The normalized spacial score (nSPS) is 15.6. The van der Waals surface area contributed by atoms with Crippen molar-refractivity contribution in [3.63, 3.8) is 0 Å². The van der Waals surface area contributed by atoms with Gasteiger partial charge < -0.3 is 9.26 Å². The number of carbonyl (C=O) groups is 1. The number of fused-ring (bicyclic) bond motifs is 1. The van der Waals surface area contributed by atoms with Crippen LogP contribution in [0, 0.1) is 6.92 Å². The summed E-state index contributed by atoms with van der Waals surface area (Å²) in [6.45, 7) is 3.48. The second kappa shape index (κ2) is 6.64. The van der Waals surface area contributed by atoms with E-state index in [0.29, 0.717) is 11.8 Å². The number of carbonyl (C=O) groups excluding carboxylic acids is 1. The molecule has 0 radical (unpaired) electrons. The Morgan fingerprint density at radius 2 is 2.24 bits per heavy atom. The van der Waals surface area contributed by atoms with Crippen LogP contribution in [0.2, 0.25) is 0 Å². The van der Waals surface area contributed by atoms with Gasteiger partial charge in [0.1, 0.15) is 12.1 Å². The lowest BCUT2D eigenvalue weighted by Gasteiger charge is -2.20. The molecule has 1 N–H and O–H groups in total. The molecular formula is C17H19N5O3. The summed E-state index contributed by atoms with van der Waals surface area (Å²) in [6.07, 6.45) is 5.19. The van der Waals surface area contributed by atoms with Gasteiger partial charge in [-0.25, -0.2) is 0 Å². The predicted octanol–water partition coefficient (Wildman–Crippen LogP) is 2.26. The minimum Gasteiger partial charge on any atom is -0.381 e. The Kier molecular flexibility index (Phi) is 4.19. The Bertz CT molecular complexity index is 895. The number of amides is 1. The van der Waals surface area contributed by atoms with E-state index in [9.17, 15) is 4.79 Å². The number of anilines is 1. The molecule has 1 amide bonds. The number of aromatic nitrogens is 4. The summed E-state index contributed by atoms with van der Waals surface area (Å²) in [6, 6.07) is 3.70. The highest BCUT2D eigenvalue weighted by atomic mass is 16.5. The Morgan fingerprint density at radius 3 is 3.08 bits per heavy atom. The SMILES string of the molecule is Cc1c(C2CCOCC2)noc1NC(=O)Cn1ncc2ncccc21. The topological polar surface area (TPSA) is 95.1 Å². The zero-order valence-corrected chi connectivity index (χ0v) is 13.9. The van der Waals surface area contributed by atoms with Crippen molar-refractivity contribution in [3.8, 4) is 0 Å². The van der Waals surface area contributed by atoms with Gasteiger partial charge in [0.2, 0.25) is 11.8 Å². The number of hydrogen-bond acceptors (Lipinski definition) is 6. The number of nitrogens with one attached hydrogen (secondary N) is 1. The highest BCUT2D eigenvalue weighted by Crippen LogP contribution is 2.31. The first-order valence-corrected chi connectivity index (χ1v) is 8.32. The monoisotopic (exact) mass is 341 g/mol. The first kappa shape index (κ1) is 15.8. The molecule has 8 heteroatoms. The van der Waals surface area contributed by atoms with Gasteiger partial charge in [0.25, 0.3) is 0 Å². The van der Waals surface area contributed by atoms with Crippen molar-refractivity contribution in [1.29, 1.82) is 0 Å². The van der Waals surface area contributed by atoms with E-state index in [0.717, 1.165) is 48.3 Å². The fourth-order valence-corrected chi connectivity index (χ4v) is 3.16. The van der Waals surface area contributed by atoms with Gasteiger partial charge in [-0.3, -0.25) is 19.8 Å². The maximum absolute atomic E-state index is 12.4. The summed E-state index contributed by atoms with van der Waals surface area (Å²) in [5.41, 5.74) is 3.36. The van der Waals surface area contributed by atoms with Crippen LogP contribution in [0.4, 0.5) is 5.88 Å². The Hall–Kier alpha value is -2.74. The maximum Gasteiger partial charge on any atom is 0.248 e. The van der Waals surface area contributed by atoms with Gasteiger partial charge in [0.15, 0.2) is 0 Å². The van der Waals surface area contributed by atoms with Crippen molar-refractivity contribution in [2.75, 3.05) is 18.5 Å². The molecule has 3 aromatic heterocycles. The van der Waals surface area contributed by atoms with E-state index in [1.807, 2.05) is 19.1 Å². The average Bonchev–Trinajstić information content (AvgIpc) is 3.20. The molecule has 0 atom stereocenters. The number of pyridine rings is 1. The minimum atomic E-state index is -0.216. The van der Waals surface area contributed by atoms with Crippen LogP contribution in [0.15, 0.2) is 29.0 Å². The van der Waals surface area contributed by atoms with Crippen LogP contribution in [0.3, 0.4) is 0 Å². The van der Waals surface area contributed by atoms with Crippen LogP contribution in [-0.2, 0) is 16.1 Å². The first-order chi connectivity index (χ1) is 12.2. The summed E-state index contributed by atoms with van der Waals surface area (Å²) < 4.78 is 12.4. The Balaban J connectivity index is 1.47. The third kappa shape index (κ3) is 3.12. The molecule has 1 fully saturated rings. The lowest BCUT2D eigenvalue weighted by molar-refractivity contribution is -0.117. The van der Waals surface area contributed by atoms with Crippen LogP contribution in [0.1, 0.15) is 30.0 Å². The molecule has 0 spiro atoms. The number of ether oxygens (including phenoxy) is 1. The molecule has 1 saturated heterocycles. The largest absolute Gasteiger partial charge is 0.381 e. The van der Waals surface area contributed by atoms with E-state index in [1.54, 1.807) is 17.1 Å². The third-order valence-corrected chi connectivity index (χ3v) is 4.53.